The number of halogens is 2. The lowest BCUT2D eigenvalue weighted by Crippen LogP contribution is -2.14. The third kappa shape index (κ3) is 2.85. The van der Waals surface area contributed by atoms with Crippen molar-refractivity contribution in [3.63, 3.8) is 0 Å². The molecule has 0 heterocycles. The largest absolute Gasteiger partial charge is 0.496 e. The van der Waals surface area contributed by atoms with Crippen molar-refractivity contribution >= 4 is 27.5 Å². The van der Waals surface area contributed by atoms with Gasteiger partial charge in [-0.25, -0.2) is 0 Å². The summed E-state index contributed by atoms with van der Waals surface area (Å²) in [5, 5.41) is 0.646. The fourth-order valence-electron chi connectivity index (χ4n) is 2.25. The van der Waals surface area contributed by atoms with Crippen LogP contribution in [-0.4, -0.2) is 7.11 Å². The lowest BCUT2D eigenvalue weighted by molar-refractivity contribution is 0.404. The van der Waals surface area contributed by atoms with Crippen molar-refractivity contribution in [3.8, 4) is 5.75 Å². The van der Waals surface area contributed by atoms with E-state index in [9.17, 15) is 0 Å². The van der Waals surface area contributed by atoms with Crippen LogP contribution in [0.2, 0.25) is 5.02 Å². The van der Waals surface area contributed by atoms with E-state index in [2.05, 4.69) is 28.9 Å². The summed E-state index contributed by atoms with van der Waals surface area (Å²) in [4.78, 5) is 0. The highest BCUT2D eigenvalue weighted by Crippen LogP contribution is 2.35. The Morgan fingerprint density at radius 3 is 2.40 bits per heavy atom. The second kappa shape index (κ2) is 6.17. The second-order valence-corrected chi connectivity index (χ2v) is 6.10. The molecule has 0 aliphatic heterocycles. The number of benzene rings is 2. The maximum Gasteiger partial charge on any atom is 0.127 e. The quantitative estimate of drug-likeness (QED) is 0.861. The van der Waals surface area contributed by atoms with Crippen LogP contribution in [-0.2, 0) is 0 Å². The Kier molecular flexibility index (Phi) is 4.74. The first-order valence-corrected chi connectivity index (χ1v) is 7.47. The fraction of sp³-hybridized carbons (Fsp3) is 0.250. The first kappa shape index (κ1) is 15.4. The Bertz CT molecular complexity index is 643. The Balaban J connectivity index is 2.53. The van der Waals surface area contributed by atoms with Crippen LogP contribution in [0.3, 0.4) is 0 Å². The van der Waals surface area contributed by atoms with Crippen LogP contribution < -0.4 is 10.5 Å². The number of ether oxygens (including phenoxy) is 1. The molecule has 0 radical (unpaired) electrons. The number of methoxy groups -OCH3 is 1. The number of rotatable bonds is 3. The molecule has 0 spiro atoms. The zero-order valence-corrected chi connectivity index (χ0v) is 14.0. The van der Waals surface area contributed by atoms with Crippen LogP contribution in [0.1, 0.15) is 28.3 Å². The van der Waals surface area contributed by atoms with Gasteiger partial charge in [0.05, 0.1) is 13.2 Å². The highest BCUT2D eigenvalue weighted by Gasteiger charge is 2.18. The van der Waals surface area contributed by atoms with Crippen molar-refractivity contribution in [1.82, 2.24) is 0 Å². The molecule has 0 aliphatic rings. The molecule has 1 unspecified atom stereocenters. The Hall–Kier alpha value is -1.03. The molecule has 1 atom stereocenters. The summed E-state index contributed by atoms with van der Waals surface area (Å²) in [7, 11) is 1.67. The maximum atomic E-state index is 6.38. The van der Waals surface area contributed by atoms with Crippen molar-refractivity contribution in [2.75, 3.05) is 7.11 Å². The lowest BCUT2D eigenvalue weighted by Gasteiger charge is -2.20. The van der Waals surface area contributed by atoms with Gasteiger partial charge in [0, 0.05) is 15.1 Å². The van der Waals surface area contributed by atoms with Gasteiger partial charge in [-0.15, -0.1) is 0 Å². The summed E-state index contributed by atoms with van der Waals surface area (Å²) >= 11 is 9.69. The van der Waals surface area contributed by atoms with Crippen molar-refractivity contribution in [2.45, 2.75) is 19.9 Å². The van der Waals surface area contributed by atoms with Crippen molar-refractivity contribution < 1.29 is 4.74 Å². The monoisotopic (exact) mass is 353 g/mol. The molecule has 0 aromatic heterocycles. The minimum atomic E-state index is -0.315. The molecule has 2 aromatic carbocycles. The Morgan fingerprint density at radius 1 is 1.15 bits per heavy atom. The third-order valence-corrected chi connectivity index (χ3v) is 4.36. The van der Waals surface area contributed by atoms with Crippen molar-refractivity contribution in [3.05, 3.63) is 62.1 Å². The van der Waals surface area contributed by atoms with Crippen LogP contribution >= 0.6 is 27.5 Å². The average molecular weight is 355 g/mol. The topological polar surface area (TPSA) is 35.2 Å². The van der Waals surface area contributed by atoms with Gasteiger partial charge in [0.25, 0.3) is 0 Å². The van der Waals surface area contributed by atoms with E-state index in [4.69, 9.17) is 22.1 Å². The molecule has 0 amide bonds. The standard InChI is InChI=1S/C16H17BrClNO/c1-9-4-6-13(16(20-3)10(9)2)15(19)12-7-5-11(17)8-14(12)18/h4-8,15H,19H2,1-3H3. The molecule has 2 nitrogen and oxygen atoms in total. The molecular weight excluding hydrogens is 338 g/mol. The predicted octanol–water partition coefficient (Wildman–Crippen LogP) is 4.78. The smallest absolute Gasteiger partial charge is 0.127 e. The first-order valence-electron chi connectivity index (χ1n) is 6.30. The molecule has 2 N–H and O–H groups in total. The van der Waals surface area contributed by atoms with Gasteiger partial charge in [0.1, 0.15) is 5.75 Å². The summed E-state index contributed by atoms with van der Waals surface area (Å²) in [6, 6.07) is 9.47. The minimum Gasteiger partial charge on any atom is -0.496 e. The Morgan fingerprint density at radius 2 is 1.80 bits per heavy atom. The average Bonchev–Trinajstić information content (AvgIpc) is 2.41. The molecule has 2 aromatic rings. The zero-order valence-electron chi connectivity index (χ0n) is 11.7. The van der Waals surface area contributed by atoms with Gasteiger partial charge in [0.15, 0.2) is 0 Å². The van der Waals surface area contributed by atoms with E-state index >= 15 is 0 Å². The van der Waals surface area contributed by atoms with Gasteiger partial charge in [-0.2, -0.15) is 0 Å². The highest BCUT2D eigenvalue weighted by atomic mass is 79.9. The third-order valence-electron chi connectivity index (χ3n) is 3.54. The maximum absolute atomic E-state index is 6.38. The van der Waals surface area contributed by atoms with Crippen molar-refractivity contribution in [1.29, 1.82) is 0 Å². The van der Waals surface area contributed by atoms with Crippen molar-refractivity contribution in [2.24, 2.45) is 5.73 Å². The molecule has 0 fully saturated rings. The predicted molar refractivity (Wildman–Crippen MR) is 87.7 cm³/mol. The number of hydrogen-bond donors (Lipinski definition) is 1. The van der Waals surface area contributed by atoms with E-state index in [0.717, 1.165) is 26.9 Å². The molecule has 4 heteroatoms. The minimum absolute atomic E-state index is 0.315. The van der Waals surface area contributed by atoms with Gasteiger partial charge in [-0.1, -0.05) is 45.7 Å². The van der Waals surface area contributed by atoms with Gasteiger partial charge in [-0.3, -0.25) is 0 Å². The molecule has 0 aliphatic carbocycles. The van der Waals surface area contributed by atoms with Crippen LogP contribution in [0.5, 0.6) is 5.75 Å². The molecule has 0 bridgehead atoms. The molecule has 0 saturated carbocycles. The summed E-state index contributed by atoms with van der Waals surface area (Å²) in [5.74, 6) is 0.830. The van der Waals surface area contributed by atoms with Crippen LogP contribution in [0.4, 0.5) is 0 Å². The summed E-state index contributed by atoms with van der Waals surface area (Å²) in [6.45, 7) is 4.09. The molecular formula is C16H17BrClNO. The Labute approximate surface area is 133 Å². The normalized spacial score (nSPS) is 12.3. The van der Waals surface area contributed by atoms with Gasteiger partial charge >= 0.3 is 0 Å². The first-order chi connectivity index (χ1) is 9.45. The lowest BCUT2D eigenvalue weighted by atomic mass is 9.95. The van der Waals surface area contributed by atoms with Gasteiger partial charge in [0.2, 0.25) is 0 Å². The SMILES string of the molecule is COc1c(C(N)c2ccc(Br)cc2Cl)ccc(C)c1C. The highest BCUT2D eigenvalue weighted by molar-refractivity contribution is 9.10. The van der Waals surface area contributed by atoms with E-state index < -0.39 is 0 Å². The molecule has 106 valence electrons. The van der Waals surface area contributed by atoms with Crippen LogP contribution in [0, 0.1) is 13.8 Å². The van der Waals surface area contributed by atoms with Gasteiger partial charge < -0.3 is 10.5 Å². The van der Waals surface area contributed by atoms with E-state index in [1.807, 2.05) is 31.2 Å². The second-order valence-electron chi connectivity index (χ2n) is 4.77. The van der Waals surface area contributed by atoms with Crippen LogP contribution in [0.15, 0.2) is 34.8 Å². The van der Waals surface area contributed by atoms with Gasteiger partial charge in [-0.05, 0) is 42.7 Å². The fourth-order valence-corrected chi connectivity index (χ4v) is 3.04. The summed E-state index contributed by atoms with van der Waals surface area (Å²) in [5.41, 5.74) is 10.5. The zero-order chi connectivity index (χ0) is 14.9. The van der Waals surface area contributed by atoms with E-state index in [1.165, 1.54) is 5.56 Å². The number of hydrogen-bond acceptors (Lipinski definition) is 2. The van der Waals surface area contributed by atoms with Crippen LogP contribution in [0.25, 0.3) is 0 Å². The van der Waals surface area contributed by atoms with E-state index in [0.29, 0.717) is 5.02 Å². The molecule has 2 rings (SSSR count). The van der Waals surface area contributed by atoms with E-state index in [-0.39, 0.29) is 6.04 Å². The molecule has 20 heavy (non-hydrogen) atoms. The summed E-state index contributed by atoms with van der Waals surface area (Å²) in [6.07, 6.45) is 0. The van der Waals surface area contributed by atoms with E-state index in [1.54, 1.807) is 7.11 Å². The number of aryl methyl sites for hydroxylation is 1. The number of nitrogens with two attached hydrogens (primary N) is 1. The summed E-state index contributed by atoms with van der Waals surface area (Å²) < 4.78 is 6.47. The molecule has 0 saturated heterocycles.